The molecule has 0 spiro atoms. The van der Waals surface area contributed by atoms with Crippen molar-refractivity contribution in [1.82, 2.24) is 5.32 Å². The van der Waals surface area contributed by atoms with Crippen LogP contribution in [0.4, 0.5) is 0 Å². The highest BCUT2D eigenvalue weighted by molar-refractivity contribution is 5.97. The fraction of sp³-hybridized carbons (Fsp3) is 0.500. The zero-order valence-corrected chi connectivity index (χ0v) is 12.5. The van der Waals surface area contributed by atoms with E-state index in [4.69, 9.17) is 14.6 Å². The number of hydrogen-bond donors (Lipinski definition) is 2. The summed E-state index contributed by atoms with van der Waals surface area (Å²) in [6.07, 6.45) is 3.48. The van der Waals surface area contributed by atoms with Crippen LogP contribution in [0, 0.1) is 0 Å². The Kier molecular flexibility index (Phi) is 6.06. The second-order valence-corrected chi connectivity index (χ2v) is 5.14. The van der Waals surface area contributed by atoms with Gasteiger partial charge in [0.25, 0.3) is 5.91 Å². The van der Waals surface area contributed by atoms with Crippen LogP contribution in [-0.2, 0) is 4.79 Å². The molecule has 0 saturated heterocycles. The van der Waals surface area contributed by atoms with Crippen molar-refractivity contribution in [1.29, 1.82) is 0 Å². The Morgan fingerprint density at radius 1 is 1.09 bits per heavy atom. The third-order valence-electron chi connectivity index (χ3n) is 3.41. The summed E-state index contributed by atoms with van der Waals surface area (Å²) in [5.74, 6) is 0.178. The molecule has 22 heavy (non-hydrogen) atoms. The van der Waals surface area contributed by atoms with E-state index in [1.807, 2.05) is 0 Å². The highest BCUT2D eigenvalue weighted by Crippen LogP contribution is 2.33. The van der Waals surface area contributed by atoms with Gasteiger partial charge >= 0.3 is 5.97 Å². The van der Waals surface area contributed by atoms with Crippen LogP contribution in [0.15, 0.2) is 18.2 Å². The molecule has 0 aliphatic carbocycles. The number of carbonyl (C=O) groups is 2. The number of ether oxygens (including phenoxy) is 2. The lowest BCUT2D eigenvalue weighted by atomic mass is 10.1. The molecule has 2 N–H and O–H groups in total. The van der Waals surface area contributed by atoms with Gasteiger partial charge in [0.1, 0.15) is 13.2 Å². The van der Waals surface area contributed by atoms with E-state index in [9.17, 15) is 9.59 Å². The number of aliphatic carboxylic acids is 1. The summed E-state index contributed by atoms with van der Waals surface area (Å²) >= 11 is 0. The molecule has 1 aromatic carbocycles. The van der Waals surface area contributed by atoms with Gasteiger partial charge in [0.2, 0.25) is 0 Å². The average molecular weight is 307 g/mol. The van der Waals surface area contributed by atoms with Gasteiger partial charge in [-0.1, -0.05) is 18.9 Å². The quantitative estimate of drug-likeness (QED) is 0.719. The molecule has 0 fully saturated rings. The molecule has 1 aromatic rings. The number of nitrogens with one attached hydrogen (secondary N) is 1. The van der Waals surface area contributed by atoms with Crippen LogP contribution in [0.3, 0.4) is 0 Å². The molecule has 2 rings (SSSR count). The molecule has 6 heteroatoms. The molecule has 1 heterocycles. The average Bonchev–Trinajstić information content (AvgIpc) is 2.53. The molecule has 0 bridgehead atoms. The van der Waals surface area contributed by atoms with Crippen LogP contribution in [0.2, 0.25) is 0 Å². The number of para-hydroxylation sites is 1. The molecule has 0 aromatic heterocycles. The van der Waals surface area contributed by atoms with E-state index in [0.29, 0.717) is 43.2 Å². The Balaban J connectivity index is 1.73. The van der Waals surface area contributed by atoms with Crippen LogP contribution in [0.25, 0.3) is 0 Å². The van der Waals surface area contributed by atoms with Crippen LogP contribution in [0.5, 0.6) is 11.5 Å². The normalized spacial score (nSPS) is 12.7. The van der Waals surface area contributed by atoms with Crippen LogP contribution >= 0.6 is 0 Å². The van der Waals surface area contributed by atoms with E-state index in [-0.39, 0.29) is 12.3 Å². The number of fused-ring (bicyclic) bond motifs is 1. The number of carboxylic acids is 1. The first-order chi connectivity index (χ1) is 10.7. The third-order valence-corrected chi connectivity index (χ3v) is 3.41. The second-order valence-electron chi connectivity index (χ2n) is 5.14. The standard InChI is InChI=1S/C16H21NO5/c18-14(19)8-3-1-2-4-9-17-16(20)12-6-5-7-13-15(12)22-11-10-21-13/h5-7H,1-4,8-11H2,(H,17,20)(H,18,19). The van der Waals surface area contributed by atoms with Crippen molar-refractivity contribution in [3.8, 4) is 11.5 Å². The molecule has 0 unspecified atom stereocenters. The Morgan fingerprint density at radius 2 is 1.86 bits per heavy atom. The first kappa shape index (κ1) is 16.1. The summed E-state index contributed by atoms with van der Waals surface area (Å²) in [6, 6.07) is 5.28. The monoisotopic (exact) mass is 307 g/mol. The van der Waals surface area contributed by atoms with E-state index in [1.54, 1.807) is 18.2 Å². The summed E-state index contributed by atoms with van der Waals surface area (Å²) in [4.78, 5) is 22.5. The highest BCUT2D eigenvalue weighted by Gasteiger charge is 2.19. The maximum atomic E-state index is 12.2. The number of carbonyl (C=O) groups excluding carboxylic acids is 1. The predicted molar refractivity (Wildman–Crippen MR) is 80.5 cm³/mol. The van der Waals surface area contributed by atoms with Crippen molar-refractivity contribution in [2.75, 3.05) is 19.8 Å². The Morgan fingerprint density at radius 3 is 2.68 bits per heavy atom. The molecule has 6 nitrogen and oxygen atoms in total. The van der Waals surface area contributed by atoms with E-state index in [2.05, 4.69) is 5.32 Å². The van der Waals surface area contributed by atoms with Crippen LogP contribution in [-0.4, -0.2) is 36.7 Å². The number of benzene rings is 1. The molecular formula is C16H21NO5. The summed E-state index contributed by atoms with van der Waals surface area (Å²) in [7, 11) is 0. The predicted octanol–water partition coefficient (Wildman–Crippen LogP) is 2.22. The third kappa shape index (κ3) is 4.65. The minimum Gasteiger partial charge on any atom is -0.486 e. The topological polar surface area (TPSA) is 84.9 Å². The highest BCUT2D eigenvalue weighted by atomic mass is 16.6. The van der Waals surface area contributed by atoms with Gasteiger partial charge in [-0.15, -0.1) is 0 Å². The van der Waals surface area contributed by atoms with Crippen molar-refractivity contribution in [2.45, 2.75) is 32.1 Å². The fourth-order valence-electron chi connectivity index (χ4n) is 2.30. The summed E-state index contributed by atoms with van der Waals surface area (Å²) < 4.78 is 11.0. The Hall–Kier alpha value is -2.24. The number of unbranched alkanes of at least 4 members (excludes halogenated alkanes) is 3. The second kappa shape index (κ2) is 8.26. The van der Waals surface area contributed by atoms with E-state index >= 15 is 0 Å². The minimum absolute atomic E-state index is 0.173. The number of amides is 1. The zero-order chi connectivity index (χ0) is 15.8. The molecule has 120 valence electrons. The summed E-state index contributed by atoms with van der Waals surface area (Å²) in [5.41, 5.74) is 0.489. The minimum atomic E-state index is -0.760. The van der Waals surface area contributed by atoms with Crippen molar-refractivity contribution < 1.29 is 24.2 Å². The maximum Gasteiger partial charge on any atom is 0.303 e. The van der Waals surface area contributed by atoms with Gasteiger partial charge in [-0.25, -0.2) is 0 Å². The summed E-state index contributed by atoms with van der Waals surface area (Å²) in [6.45, 7) is 1.51. The number of rotatable bonds is 8. The van der Waals surface area contributed by atoms with Gasteiger partial charge in [-0.2, -0.15) is 0 Å². The molecule has 0 atom stereocenters. The molecule has 1 aliphatic rings. The zero-order valence-electron chi connectivity index (χ0n) is 12.5. The first-order valence-corrected chi connectivity index (χ1v) is 7.57. The van der Waals surface area contributed by atoms with Crippen molar-refractivity contribution in [3.05, 3.63) is 23.8 Å². The smallest absolute Gasteiger partial charge is 0.303 e. The van der Waals surface area contributed by atoms with Gasteiger partial charge < -0.3 is 19.9 Å². The molecule has 1 amide bonds. The van der Waals surface area contributed by atoms with Crippen molar-refractivity contribution >= 4 is 11.9 Å². The number of carboxylic acid groups (broad SMARTS) is 1. The lowest BCUT2D eigenvalue weighted by Crippen LogP contribution is -2.26. The van der Waals surface area contributed by atoms with Crippen molar-refractivity contribution in [3.63, 3.8) is 0 Å². The van der Waals surface area contributed by atoms with E-state index in [0.717, 1.165) is 19.3 Å². The molecular weight excluding hydrogens is 286 g/mol. The van der Waals surface area contributed by atoms with Gasteiger partial charge in [0, 0.05) is 13.0 Å². The first-order valence-electron chi connectivity index (χ1n) is 7.57. The summed E-state index contributed by atoms with van der Waals surface area (Å²) in [5, 5.41) is 11.4. The lowest BCUT2D eigenvalue weighted by Gasteiger charge is -2.20. The number of hydrogen-bond acceptors (Lipinski definition) is 4. The molecule has 0 radical (unpaired) electrons. The Bertz CT molecular complexity index is 529. The van der Waals surface area contributed by atoms with E-state index in [1.165, 1.54) is 0 Å². The lowest BCUT2D eigenvalue weighted by molar-refractivity contribution is -0.137. The van der Waals surface area contributed by atoms with Gasteiger partial charge in [-0.05, 0) is 25.0 Å². The molecule has 0 saturated carbocycles. The maximum absolute atomic E-state index is 12.2. The van der Waals surface area contributed by atoms with Gasteiger partial charge in [0.05, 0.1) is 5.56 Å². The fourth-order valence-corrected chi connectivity index (χ4v) is 2.30. The van der Waals surface area contributed by atoms with Gasteiger partial charge in [0.15, 0.2) is 11.5 Å². The Labute approximate surface area is 129 Å². The van der Waals surface area contributed by atoms with Crippen LogP contribution in [0.1, 0.15) is 42.5 Å². The SMILES string of the molecule is O=C(O)CCCCCCNC(=O)c1cccc2c1OCCO2. The van der Waals surface area contributed by atoms with Gasteiger partial charge in [-0.3, -0.25) is 9.59 Å². The molecule has 1 aliphatic heterocycles. The van der Waals surface area contributed by atoms with Crippen molar-refractivity contribution in [2.24, 2.45) is 0 Å². The van der Waals surface area contributed by atoms with Crippen LogP contribution < -0.4 is 14.8 Å². The van der Waals surface area contributed by atoms with E-state index < -0.39 is 5.97 Å². The largest absolute Gasteiger partial charge is 0.486 e.